The third-order valence-corrected chi connectivity index (χ3v) is 4.40. The number of hydrogen-bond acceptors (Lipinski definition) is 2. The van der Waals surface area contributed by atoms with Crippen LogP contribution in [0, 0.1) is 6.92 Å². The Balaban J connectivity index is 1.82. The topological polar surface area (TPSA) is 65.5 Å². The van der Waals surface area contributed by atoms with Gasteiger partial charge in [-0.2, -0.15) is 0 Å². The minimum Gasteiger partial charge on any atom is -0.357 e. The van der Waals surface area contributed by atoms with Gasteiger partial charge in [-0.25, -0.2) is 4.99 Å². The summed E-state index contributed by atoms with van der Waals surface area (Å²) in [4.78, 5) is 16.7. The average Bonchev–Trinajstić information content (AvgIpc) is 2.59. The molecule has 0 heterocycles. The van der Waals surface area contributed by atoms with Crippen LogP contribution in [0.4, 0.5) is 0 Å². The van der Waals surface area contributed by atoms with Crippen LogP contribution in [0.25, 0.3) is 0 Å². The van der Waals surface area contributed by atoms with Crippen LogP contribution in [0.3, 0.4) is 0 Å². The normalized spacial score (nSPS) is 15.8. The Bertz CT molecular complexity index is 550. The molecule has 1 aromatic rings. The SMILES string of the molecule is CCNC(=NCc1ccccc1C)NCC(=O)NC1CCCCC1. The summed E-state index contributed by atoms with van der Waals surface area (Å²) in [6.45, 7) is 5.74. The number of hydrogen-bond donors (Lipinski definition) is 3. The fraction of sp³-hybridized carbons (Fsp3) is 0.579. The number of carbonyl (C=O) groups excluding carboxylic acids is 1. The summed E-state index contributed by atoms with van der Waals surface area (Å²) >= 11 is 0. The van der Waals surface area contributed by atoms with E-state index in [-0.39, 0.29) is 12.5 Å². The number of benzene rings is 1. The number of aryl methyl sites for hydroxylation is 1. The van der Waals surface area contributed by atoms with Gasteiger partial charge >= 0.3 is 0 Å². The van der Waals surface area contributed by atoms with Gasteiger partial charge in [-0.1, -0.05) is 43.5 Å². The van der Waals surface area contributed by atoms with Crippen LogP contribution in [0.15, 0.2) is 29.3 Å². The largest absolute Gasteiger partial charge is 0.357 e. The predicted octanol–water partition coefficient (Wildman–Crippen LogP) is 2.50. The molecule has 2 rings (SSSR count). The van der Waals surface area contributed by atoms with E-state index in [2.05, 4.69) is 40.0 Å². The molecular formula is C19H30N4O. The molecule has 132 valence electrons. The van der Waals surface area contributed by atoms with E-state index in [9.17, 15) is 4.79 Å². The molecule has 5 nitrogen and oxygen atoms in total. The highest BCUT2D eigenvalue weighted by Crippen LogP contribution is 2.17. The number of rotatable bonds is 6. The lowest BCUT2D eigenvalue weighted by molar-refractivity contribution is -0.120. The molecule has 1 saturated carbocycles. The highest BCUT2D eigenvalue weighted by atomic mass is 16.2. The molecule has 0 aromatic heterocycles. The van der Waals surface area contributed by atoms with Crippen molar-refractivity contribution in [2.45, 2.75) is 58.5 Å². The quantitative estimate of drug-likeness (QED) is 0.555. The van der Waals surface area contributed by atoms with Crippen molar-refractivity contribution in [2.75, 3.05) is 13.1 Å². The summed E-state index contributed by atoms with van der Waals surface area (Å²) < 4.78 is 0. The zero-order chi connectivity index (χ0) is 17.2. The summed E-state index contributed by atoms with van der Waals surface area (Å²) in [6.07, 6.45) is 5.94. The Morgan fingerprint density at radius 3 is 2.62 bits per heavy atom. The molecule has 1 aliphatic rings. The first-order chi connectivity index (χ1) is 11.7. The van der Waals surface area contributed by atoms with Crippen molar-refractivity contribution in [1.29, 1.82) is 0 Å². The number of carbonyl (C=O) groups is 1. The molecule has 0 atom stereocenters. The van der Waals surface area contributed by atoms with E-state index in [0.717, 1.165) is 19.4 Å². The van der Waals surface area contributed by atoms with Crippen LogP contribution in [0.2, 0.25) is 0 Å². The number of nitrogens with zero attached hydrogens (tertiary/aromatic N) is 1. The van der Waals surface area contributed by atoms with Crippen LogP contribution in [-0.2, 0) is 11.3 Å². The molecule has 0 bridgehead atoms. The van der Waals surface area contributed by atoms with Gasteiger partial charge in [0, 0.05) is 12.6 Å². The molecule has 3 N–H and O–H groups in total. The number of nitrogens with one attached hydrogen (secondary N) is 3. The van der Waals surface area contributed by atoms with Crippen molar-refractivity contribution >= 4 is 11.9 Å². The van der Waals surface area contributed by atoms with Crippen molar-refractivity contribution in [3.8, 4) is 0 Å². The highest BCUT2D eigenvalue weighted by molar-refractivity contribution is 5.86. The number of guanidine groups is 1. The van der Waals surface area contributed by atoms with Gasteiger partial charge < -0.3 is 16.0 Å². The standard InChI is InChI=1S/C19H30N4O/c1-3-20-19(21-13-16-10-8-7-9-15(16)2)22-14-18(24)23-17-11-5-4-6-12-17/h7-10,17H,3-6,11-14H2,1-2H3,(H,23,24)(H2,20,21,22). The third kappa shape index (κ3) is 6.22. The van der Waals surface area contributed by atoms with Gasteiger partial charge in [0.1, 0.15) is 0 Å². The number of amides is 1. The van der Waals surface area contributed by atoms with E-state index in [1.165, 1.54) is 30.4 Å². The molecule has 0 unspecified atom stereocenters. The van der Waals surface area contributed by atoms with E-state index in [1.807, 2.05) is 19.1 Å². The van der Waals surface area contributed by atoms with E-state index >= 15 is 0 Å². The van der Waals surface area contributed by atoms with Crippen molar-refractivity contribution in [3.05, 3.63) is 35.4 Å². The minimum atomic E-state index is 0.0448. The fourth-order valence-electron chi connectivity index (χ4n) is 2.98. The Kier molecular flexibility index (Phi) is 7.59. The minimum absolute atomic E-state index is 0.0448. The molecule has 1 fully saturated rings. The van der Waals surface area contributed by atoms with Crippen LogP contribution in [0.1, 0.15) is 50.2 Å². The van der Waals surface area contributed by atoms with Crippen LogP contribution >= 0.6 is 0 Å². The molecule has 0 saturated heterocycles. The molecule has 24 heavy (non-hydrogen) atoms. The number of aliphatic imine (C=N–C) groups is 1. The van der Waals surface area contributed by atoms with Gasteiger partial charge in [-0.15, -0.1) is 0 Å². The Morgan fingerprint density at radius 2 is 1.92 bits per heavy atom. The maximum atomic E-state index is 12.1. The zero-order valence-electron chi connectivity index (χ0n) is 14.9. The summed E-state index contributed by atoms with van der Waals surface area (Å²) in [5.74, 6) is 0.725. The second-order valence-corrected chi connectivity index (χ2v) is 6.38. The Morgan fingerprint density at radius 1 is 1.17 bits per heavy atom. The lowest BCUT2D eigenvalue weighted by Crippen LogP contribution is -2.46. The summed E-state index contributed by atoms with van der Waals surface area (Å²) in [6, 6.07) is 8.57. The molecule has 1 aliphatic carbocycles. The van der Waals surface area contributed by atoms with Gasteiger partial charge in [0.25, 0.3) is 0 Å². The molecule has 5 heteroatoms. The van der Waals surface area contributed by atoms with Crippen LogP contribution in [0.5, 0.6) is 0 Å². The first kappa shape index (κ1) is 18.3. The lowest BCUT2D eigenvalue weighted by atomic mass is 9.95. The molecule has 1 aromatic carbocycles. The average molecular weight is 330 g/mol. The van der Waals surface area contributed by atoms with Gasteiger partial charge in [-0.3, -0.25) is 4.79 Å². The van der Waals surface area contributed by atoms with Crippen molar-refractivity contribution in [1.82, 2.24) is 16.0 Å². The van der Waals surface area contributed by atoms with Crippen LogP contribution < -0.4 is 16.0 Å². The second kappa shape index (κ2) is 9.96. The molecule has 1 amide bonds. The van der Waals surface area contributed by atoms with Gasteiger partial charge in [0.05, 0.1) is 13.1 Å². The predicted molar refractivity (Wildman–Crippen MR) is 99.0 cm³/mol. The fourth-order valence-corrected chi connectivity index (χ4v) is 2.98. The monoisotopic (exact) mass is 330 g/mol. The van der Waals surface area contributed by atoms with E-state index in [4.69, 9.17) is 0 Å². The highest BCUT2D eigenvalue weighted by Gasteiger charge is 2.15. The van der Waals surface area contributed by atoms with E-state index in [0.29, 0.717) is 18.5 Å². The van der Waals surface area contributed by atoms with Gasteiger partial charge in [0.15, 0.2) is 5.96 Å². The summed E-state index contributed by atoms with van der Waals surface area (Å²) in [5, 5.41) is 9.43. The van der Waals surface area contributed by atoms with Gasteiger partial charge in [0.2, 0.25) is 5.91 Å². The van der Waals surface area contributed by atoms with Crippen molar-refractivity contribution in [2.24, 2.45) is 4.99 Å². The van der Waals surface area contributed by atoms with E-state index < -0.39 is 0 Å². The second-order valence-electron chi connectivity index (χ2n) is 6.38. The zero-order valence-corrected chi connectivity index (χ0v) is 14.9. The van der Waals surface area contributed by atoms with E-state index in [1.54, 1.807) is 0 Å². The molecule has 0 radical (unpaired) electrons. The maximum absolute atomic E-state index is 12.1. The first-order valence-electron chi connectivity index (χ1n) is 9.05. The van der Waals surface area contributed by atoms with Crippen molar-refractivity contribution in [3.63, 3.8) is 0 Å². The van der Waals surface area contributed by atoms with Gasteiger partial charge in [-0.05, 0) is 37.8 Å². The third-order valence-electron chi connectivity index (χ3n) is 4.40. The molecular weight excluding hydrogens is 300 g/mol. The Hall–Kier alpha value is -2.04. The first-order valence-corrected chi connectivity index (χ1v) is 9.05. The summed E-state index contributed by atoms with van der Waals surface area (Å²) in [5.41, 5.74) is 2.42. The molecule has 0 aliphatic heterocycles. The smallest absolute Gasteiger partial charge is 0.239 e. The Labute approximate surface area is 145 Å². The maximum Gasteiger partial charge on any atom is 0.239 e. The lowest BCUT2D eigenvalue weighted by Gasteiger charge is -2.23. The van der Waals surface area contributed by atoms with Crippen molar-refractivity contribution < 1.29 is 4.79 Å². The van der Waals surface area contributed by atoms with Crippen LogP contribution in [-0.4, -0.2) is 31.0 Å². The molecule has 0 spiro atoms. The summed E-state index contributed by atoms with van der Waals surface area (Å²) in [7, 11) is 0.